The minimum absolute atomic E-state index is 0.0694. The van der Waals surface area contributed by atoms with Crippen molar-refractivity contribution in [2.45, 2.75) is 24.9 Å². The van der Waals surface area contributed by atoms with Gasteiger partial charge < -0.3 is 5.32 Å². The summed E-state index contributed by atoms with van der Waals surface area (Å²) in [5, 5.41) is 14.5. The third-order valence-corrected chi connectivity index (χ3v) is 5.19. The number of non-ortho nitro benzene ring substituents is 1. The normalized spacial score (nSPS) is 10.8. The fourth-order valence-corrected chi connectivity index (χ4v) is 3.59. The summed E-state index contributed by atoms with van der Waals surface area (Å²) in [6.45, 7) is 2.65. The average Bonchev–Trinajstić information content (AvgIpc) is 2.73. The second kappa shape index (κ2) is 9.33. The fourth-order valence-electron chi connectivity index (χ4n) is 2.75. The predicted molar refractivity (Wildman–Crippen MR) is 113 cm³/mol. The average molecular weight is 412 g/mol. The Labute approximate surface area is 171 Å². The van der Waals surface area contributed by atoms with E-state index in [2.05, 4.69) is 10.3 Å². The van der Waals surface area contributed by atoms with Crippen molar-refractivity contribution in [1.82, 2.24) is 14.9 Å². The van der Waals surface area contributed by atoms with Crippen molar-refractivity contribution in [2.24, 2.45) is 0 Å². The molecule has 29 heavy (non-hydrogen) atoms. The second-order valence-corrected chi connectivity index (χ2v) is 7.26. The predicted octanol–water partition coefficient (Wildman–Crippen LogP) is 3.30. The summed E-state index contributed by atoms with van der Waals surface area (Å²) in [7, 11) is 0. The maximum atomic E-state index is 13.1. The molecule has 1 heterocycles. The van der Waals surface area contributed by atoms with E-state index in [1.165, 1.54) is 28.8 Å². The third-order valence-electron chi connectivity index (χ3n) is 4.25. The number of hydrogen-bond acceptors (Lipinski definition) is 6. The van der Waals surface area contributed by atoms with Gasteiger partial charge in [0.05, 0.1) is 27.3 Å². The Balaban J connectivity index is 1.98. The van der Waals surface area contributed by atoms with Crippen LogP contribution >= 0.6 is 11.8 Å². The number of hydrogen-bond donors (Lipinski definition) is 1. The minimum Gasteiger partial charge on any atom is -0.355 e. The summed E-state index contributed by atoms with van der Waals surface area (Å²) < 4.78 is 1.38. The number of carbonyl (C=O) groups excluding carboxylic acids is 1. The summed E-state index contributed by atoms with van der Waals surface area (Å²) in [6.07, 6.45) is 1.89. The molecule has 1 amide bonds. The van der Waals surface area contributed by atoms with Crippen molar-refractivity contribution in [2.75, 3.05) is 12.3 Å². The molecule has 8 nitrogen and oxygen atoms in total. The van der Waals surface area contributed by atoms with Crippen LogP contribution in [0.4, 0.5) is 5.69 Å². The maximum Gasteiger partial charge on any atom is 0.269 e. The van der Waals surface area contributed by atoms with Gasteiger partial charge in [0.1, 0.15) is 0 Å². The lowest BCUT2D eigenvalue weighted by atomic mass is 10.2. The van der Waals surface area contributed by atoms with Crippen molar-refractivity contribution in [3.05, 3.63) is 69.0 Å². The van der Waals surface area contributed by atoms with E-state index in [0.717, 1.165) is 24.6 Å². The Morgan fingerprint density at radius 1 is 1.21 bits per heavy atom. The van der Waals surface area contributed by atoms with Gasteiger partial charge in [-0.15, -0.1) is 0 Å². The number of nitrogens with zero attached hydrogens (tertiary/aromatic N) is 3. The highest BCUT2D eigenvalue weighted by Gasteiger charge is 2.15. The highest BCUT2D eigenvalue weighted by atomic mass is 32.2. The first-order valence-electron chi connectivity index (χ1n) is 9.17. The zero-order valence-corrected chi connectivity index (χ0v) is 16.6. The maximum absolute atomic E-state index is 13.1. The minimum atomic E-state index is -0.499. The quantitative estimate of drug-likeness (QED) is 0.200. The molecule has 3 aromatic rings. The van der Waals surface area contributed by atoms with Crippen molar-refractivity contribution < 1.29 is 9.72 Å². The number of aromatic nitrogens is 2. The van der Waals surface area contributed by atoms with E-state index in [4.69, 9.17) is 0 Å². The highest BCUT2D eigenvalue weighted by Crippen LogP contribution is 2.22. The van der Waals surface area contributed by atoms with Crippen LogP contribution in [0.25, 0.3) is 16.6 Å². The van der Waals surface area contributed by atoms with Crippen molar-refractivity contribution >= 4 is 34.3 Å². The third kappa shape index (κ3) is 4.80. The molecular weight excluding hydrogens is 392 g/mol. The van der Waals surface area contributed by atoms with Crippen LogP contribution in [-0.4, -0.2) is 32.7 Å². The Bertz CT molecular complexity index is 1100. The van der Waals surface area contributed by atoms with Crippen LogP contribution in [0, 0.1) is 10.1 Å². The van der Waals surface area contributed by atoms with E-state index in [1.54, 1.807) is 24.3 Å². The molecule has 0 spiro atoms. The number of amides is 1. The molecule has 1 aromatic heterocycles. The van der Waals surface area contributed by atoms with Gasteiger partial charge in [-0.2, -0.15) is 0 Å². The molecule has 0 saturated carbocycles. The standard InChI is InChI=1S/C20H20N4O4S/c1-2-3-12-21-18(25)13-29-20-22-17-7-5-4-6-16(17)19(26)23(20)14-8-10-15(11-9-14)24(27)28/h4-11H,2-3,12-13H2,1H3,(H,21,25). The van der Waals surface area contributed by atoms with Gasteiger partial charge in [-0.25, -0.2) is 4.98 Å². The molecule has 0 unspecified atom stereocenters. The summed E-state index contributed by atoms with van der Waals surface area (Å²) >= 11 is 1.15. The zero-order valence-electron chi connectivity index (χ0n) is 15.8. The molecule has 0 aliphatic heterocycles. The van der Waals surface area contributed by atoms with Crippen LogP contribution in [0.5, 0.6) is 0 Å². The zero-order chi connectivity index (χ0) is 20.8. The van der Waals surface area contributed by atoms with Gasteiger partial charge in [0, 0.05) is 18.7 Å². The molecule has 9 heteroatoms. The Kier molecular flexibility index (Phi) is 6.61. The number of thioether (sulfide) groups is 1. The van der Waals surface area contributed by atoms with Gasteiger partial charge >= 0.3 is 0 Å². The van der Waals surface area contributed by atoms with Crippen LogP contribution < -0.4 is 10.9 Å². The number of nitro benzene ring substituents is 1. The first-order chi connectivity index (χ1) is 14.0. The number of nitro groups is 1. The van der Waals surface area contributed by atoms with Gasteiger partial charge in [0.15, 0.2) is 5.16 Å². The second-order valence-electron chi connectivity index (χ2n) is 6.32. The number of para-hydroxylation sites is 1. The molecule has 2 aromatic carbocycles. The molecule has 0 bridgehead atoms. The molecule has 3 rings (SSSR count). The number of fused-ring (bicyclic) bond motifs is 1. The van der Waals surface area contributed by atoms with E-state index in [0.29, 0.717) is 28.3 Å². The van der Waals surface area contributed by atoms with Crippen LogP contribution in [-0.2, 0) is 4.79 Å². The topological polar surface area (TPSA) is 107 Å². The Morgan fingerprint density at radius 3 is 2.62 bits per heavy atom. The fraction of sp³-hybridized carbons (Fsp3) is 0.250. The number of nitrogens with one attached hydrogen (secondary N) is 1. The molecule has 0 aliphatic carbocycles. The van der Waals surface area contributed by atoms with Gasteiger partial charge in [0.25, 0.3) is 11.2 Å². The summed E-state index contributed by atoms with van der Waals surface area (Å²) in [4.78, 5) is 40.2. The van der Waals surface area contributed by atoms with Crippen molar-refractivity contribution in [3.8, 4) is 5.69 Å². The number of rotatable bonds is 8. The van der Waals surface area contributed by atoms with E-state index in [1.807, 2.05) is 6.92 Å². The Morgan fingerprint density at radius 2 is 1.93 bits per heavy atom. The smallest absolute Gasteiger partial charge is 0.269 e. The first kappa shape index (κ1) is 20.5. The van der Waals surface area contributed by atoms with Crippen LogP contribution in [0.15, 0.2) is 58.5 Å². The number of carbonyl (C=O) groups is 1. The SMILES string of the molecule is CCCCNC(=O)CSc1nc2ccccc2c(=O)n1-c1ccc([N+](=O)[O-])cc1. The van der Waals surface area contributed by atoms with E-state index in [-0.39, 0.29) is 22.9 Å². The van der Waals surface area contributed by atoms with Crippen LogP contribution in [0.3, 0.4) is 0 Å². The van der Waals surface area contributed by atoms with E-state index < -0.39 is 4.92 Å². The van der Waals surface area contributed by atoms with Crippen LogP contribution in [0.1, 0.15) is 19.8 Å². The first-order valence-corrected chi connectivity index (χ1v) is 10.2. The lowest BCUT2D eigenvalue weighted by molar-refractivity contribution is -0.384. The number of benzene rings is 2. The summed E-state index contributed by atoms with van der Waals surface area (Å²) in [5.41, 5.74) is 0.621. The molecular formula is C20H20N4O4S. The summed E-state index contributed by atoms with van der Waals surface area (Å²) in [6, 6.07) is 12.6. The molecule has 0 aliphatic rings. The lowest BCUT2D eigenvalue weighted by Crippen LogP contribution is -2.27. The van der Waals surface area contributed by atoms with E-state index in [9.17, 15) is 19.7 Å². The van der Waals surface area contributed by atoms with Crippen LogP contribution in [0.2, 0.25) is 0 Å². The molecule has 150 valence electrons. The molecule has 0 saturated heterocycles. The molecule has 0 fully saturated rings. The summed E-state index contributed by atoms with van der Waals surface area (Å²) in [5.74, 6) is -0.0253. The Hall–Kier alpha value is -3.20. The monoisotopic (exact) mass is 412 g/mol. The van der Waals surface area contributed by atoms with Crippen molar-refractivity contribution in [1.29, 1.82) is 0 Å². The molecule has 1 N–H and O–H groups in total. The lowest BCUT2D eigenvalue weighted by Gasteiger charge is -2.13. The van der Waals surface area contributed by atoms with Gasteiger partial charge in [-0.05, 0) is 30.7 Å². The number of unbranched alkanes of at least 4 members (excludes halogenated alkanes) is 1. The molecule has 0 radical (unpaired) electrons. The van der Waals surface area contributed by atoms with Gasteiger partial charge in [0.2, 0.25) is 5.91 Å². The van der Waals surface area contributed by atoms with E-state index >= 15 is 0 Å². The van der Waals surface area contributed by atoms with Gasteiger partial charge in [-0.3, -0.25) is 24.3 Å². The van der Waals surface area contributed by atoms with Gasteiger partial charge in [-0.1, -0.05) is 37.2 Å². The van der Waals surface area contributed by atoms with Crippen molar-refractivity contribution in [3.63, 3.8) is 0 Å². The largest absolute Gasteiger partial charge is 0.355 e. The highest BCUT2D eigenvalue weighted by molar-refractivity contribution is 7.99. The molecule has 0 atom stereocenters.